The molecule has 32 heavy (non-hydrogen) atoms. The van der Waals surface area contributed by atoms with Crippen LogP contribution in [0.15, 0.2) is 48.5 Å². The molecule has 1 N–H and O–H groups in total. The van der Waals surface area contributed by atoms with E-state index in [2.05, 4.69) is 34.5 Å². The number of anilines is 1. The molecule has 0 spiro atoms. The molecule has 5 rings (SSSR count). The van der Waals surface area contributed by atoms with E-state index < -0.39 is 5.41 Å². The third kappa shape index (κ3) is 3.43. The Balaban J connectivity index is 1.35. The second-order valence-corrected chi connectivity index (χ2v) is 9.75. The molecule has 2 heterocycles. The summed E-state index contributed by atoms with van der Waals surface area (Å²) in [5.74, 6) is -0.0213. The van der Waals surface area contributed by atoms with Crippen LogP contribution < -0.4 is 10.2 Å². The number of benzene rings is 2. The average molecular weight is 432 g/mol. The summed E-state index contributed by atoms with van der Waals surface area (Å²) < 4.78 is 0. The molecular weight excluding hydrogens is 398 g/mol. The molecule has 2 atom stereocenters. The van der Waals surface area contributed by atoms with Gasteiger partial charge in [0.2, 0.25) is 11.8 Å². The SMILES string of the molecule is CNC(=O)C[C@@]1(C)C(=O)N(C2CCN(C3CCCc4ccccc43)CC2)c2ccccc21. The van der Waals surface area contributed by atoms with Crippen molar-refractivity contribution in [2.75, 3.05) is 25.0 Å². The van der Waals surface area contributed by atoms with E-state index in [-0.39, 0.29) is 24.3 Å². The van der Waals surface area contributed by atoms with Crippen molar-refractivity contribution >= 4 is 17.5 Å². The number of para-hydroxylation sites is 1. The Labute approximate surface area is 190 Å². The van der Waals surface area contributed by atoms with Crippen molar-refractivity contribution in [1.29, 1.82) is 0 Å². The first-order valence-electron chi connectivity index (χ1n) is 12.0. The molecule has 1 unspecified atom stereocenters. The van der Waals surface area contributed by atoms with Crippen LogP contribution in [0.5, 0.6) is 0 Å². The maximum absolute atomic E-state index is 13.7. The van der Waals surface area contributed by atoms with Gasteiger partial charge in [-0.15, -0.1) is 0 Å². The lowest BCUT2D eigenvalue weighted by Gasteiger charge is -2.42. The van der Waals surface area contributed by atoms with Crippen LogP contribution in [0.3, 0.4) is 0 Å². The van der Waals surface area contributed by atoms with Gasteiger partial charge < -0.3 is 10.2 Å². The van der Waals surface area contributed by atoms with Gasteiger partial charge in [-0.05, 0) is 61.8 Å². The number of aryl methyl sites for hydroxylation is 1. The minimum atomic E-state index is -0.796. The third-order valence-corrected chi connectivity index (χ3v) is 7.88. The van der Waals surface area contributed by atoms with Crippen LogP contribution in [0.2, 0.25) is 0 Å². The minimum Gasteiger partial charge on any atom is -0.359 e. The van der Waals surface area contributed by atoms with Gasteiger partial charge in [0.05, 0.1) is 5.41 Å². The van der Waals surface area contributed by atoms with Gasteiger partial charge >= 0.3 is 0 Å². The largest absolute Gasteiger partial charge is 0.359 e. The van der Waals surface area contributed by atoms with Crippen molar-refractivity contribution in [2.45, 2.75) is 62.9 Å². The molecule has 2 aliphatic heterocycles. The molecule has 5 heteroatoms. The zero-order chi connectivity index (χ0) is 22.3. The number of hydrogen-bond acceptors (Lipinski definition) is 3. The Morgan fingerprint density at radius 3 is 2.56 bits per heavy atom. The Kier molecular flexibility index (Phi) is 5.54. The first kappa shape index (κ1) is 21.2. The molecule has 0 radical (unpaired) electrons. The van der Waals surface area contributed by atoms with E-state index in [1.165, 1.54) is 30.4 Å². The highest BCUT2D eigenvalue weighted by molar-refractivity contribution is 6.10. The standard InChI is InChI=1S/C27H33N3O2/c1-27(18-25(31)28-2)22-11-5-6-12-24(22)30(26(27)32)20-14-16-29(17-15-20)23-13-7-9-19-8-3-4-10-21(19)23/h3-6,8,10-12,20,23H,7,9,13-18H2,1-2H3,(H,28,31)/t23?,27-/m1/s1. The Bertz CT molecular complexity index is 1030. The van der Waals surface area contributed by atoms with Crippen LogP contribution in [0, 0.1) is 0 Å². The van der Waals surface area contributed by atoms with Crippen LogP contribution >= 0.6 is 0 Å². The maximum atomic E-state index is 13.7. The van der Waals surface area contributed by atoms with Gasteiger partial charge in [-0.25, -0.2) is 0 Å². The lowest BCUT2D eigenvalue weighted by Crippen LogP contribution is -2.50. The molecular formula is C27H33N3O2. The van der Waals surface area contributed by atoms with Crippen molar-refractivity contribution in [1.82, 2.24) is 10.2 Å². The van der Waals surface area contributed by atoms with Crippen molar-refractivity contribution in [3.05, 3.63) is 65.2 Å². The monoisotopic (exact) mass is 431 g/mol. The van der Waals surface area contributed by atoms with E-state index in [9.17, 15) is 9.59 Å². The Hall–Kier alpha value is -2.66. The summed E-state index contributed by atoms with van der Waals surface area (Å²) in [4.78, 5) is 30.6. The molecule has 0 bridgehead atoms. The first-order chi connectivity index (χ1) is 15.5. The molecule has 2 amide bonds. The highest BCUT2D eigenvalue weighted by Gasteiger charge is 2.50. The van der Waals surface area contributed by atoms with Crippen molar-refractivity contribution in [3.63, 3.8) is 0 Å². The van der Waals surface area contributed by atoms with Crippen LogP contribution in [0.4, 0.5) is 5.69 Å². The number of rotatable bonds is 4. The Morgan fingerprint density at radius 2 is 1.78 bits per heavy atom. The quantitative estimate of drug-likeness (QED) is 0.797. The van der Waals surface area contributed by atoms with Gasteiger partial charge in [0, 0.05) is 44.3 Å². The van der Waals surface area contributed by atoms with Crippen molar-refractivity contribution in [3.8, 4) is 0 Å². The fourth-order valence-corrected chi connectivity index (χ4v) is 6.15. The second kappa shape index (κ2) is 8.36. The zero-order valence-corrected chi connectivity index (χ0v) is 19.1. The summed E-state index contributed by atoms with van der Waals surface area (Å²) in [6, 6.07) is 17.6. The lowest BCUT2D eigenvalue weighted by atomic mass is 9.80. The van der Waals surface area contributed by atoms with E-state index in [0.717, 1.165) is 37.2 Å². The summed E-state index contributed by atoms with van der Waals surface area (Å²) in [7, 11) is 1.63. The number of amides is 2. The molecule has 0 aromatic heterocycles. The fraction of sp³-hybridized carbons (Fsp3) is 0.481. The predicted molar refractivity (Wildman–Crippen MR) is 127 cm³/mol. The number of piperidine rings is 1. The average Bonchev–Trinajstić information content (AvgIpc) is 3.05. The van der Waals surface area contributed by atoms with Crippen molar-refractivity contribution < 1.29 is 9.59 Å². The molecule has 1 fully saturated rings. The highest BCUT2D eigenvalue weighted by Crippen LogP contribution is 2.46. The first-order valence-corrected chi connectivity index (χ1v) is 12.0. The normalized spacial score (nSPS) is 26.0. The van der Waals surface area contributed by atoms with Gasteiger partial charge in [0.25, 0.3) is 0 Å². The number of nitrogens with zero attached hydrogens (tertiary/aromatic N) is 2. The molecule has 2 aromatic rings. The lowest BCUT2D eigenvalue weighted by molar-refractivity contribution is -0.129. The van der Waals surface area contributed by atoms with Gasteiger partial charge in [-0.2, -0.15) is 0 Å². The summed E-state index contributed by atoms with van der Waals surface area (Å²) >= 11 is 0. The molecule has 1 saturated heterocycles. The smallest absolute Gasteiger partial charge is 0.238 e. The molecule has 2 aromatic carbocycles. The van der Waals surface area contributed by atoms with E-state index in [1.54, 1.807) is 7.05 Å². The van der Waals surface area contributed by atoms with Gasteiger partial charge in [0.1, 0.15) is 0 Å². The third-order valence-electron chi connectivity index (χ3n) is 7.88. The van der Waals surface area contributed by atoms with E-state index in [4.69, 9.17) is 0 Å². The summed E-state index contributed by atoms with van der Waals surface area (Å²) in [5.41, 5.74) is 4.18. The fourth-order valence-electron chi connectivity index (χ4n) is 6.15. The van der Waals surface area contributed by atoms with Crippen LogP contribution in [-0.2, 0) is 21.4 Å². The highest BCUT2D eigenvalue weighted by atomic mass is 16.2. The number of likely N-dealkylation sites (tertiary alicyclic amines) is 1. The van der Waals surface area contributed by atoms with Crippen LogP contribution in [0.25, 0.3) is 0 Å². The minimum absolute atomic E-state index is 0.0729. The molecule has 0 saturated carbocycles. The van der Waals surface area contributed by atoms with Gasteiger partial charge in [-0.1, -0.05) is 42.5 Å². The number of hydrogen-bond donors (Lipinski definition) is 1. The number of fused-ring (bicyclic) bond motifs is 2. The number of carbonyl (C=O) groups is 2. The Morgan fingerprint density at radius 1 is 1.06 bits per heavy atom. The zero-order valence-electron chi connectivity index (χ0n) is 19.1. The van der Waals surface area contributed by atoms with E-state index in [0.29, 0.717) is 6.04 Å². The second-order valence-electron chi connectivity index (χ2n) is 9.75. The summed E-state index contributed by atoms with van der Waals surface area (Å²) in [6.45, 7) is 3.93. The summed E-state index contributed by atoms with van der Waals surface area (Å²) in [5, 5.41) is 2.70. The van der Waals surface area contributed by atoms with Crippen LogP contribution in [0.1, 0.15) is 61.8 Å². The van der Waals surface area contributed by atoms with Gasteiger partial charge in [-0.3, -0.25) is 14.5 Å². The van der Waals surface area contributed by atoms with Crippen molar-refractivity contribution in [2.24, 2.45) is 0 Å². The van der Waals surface area contributed by atoms with Crippen LogP contribution in [-0.4, -0.2) is 42.9 Å². The molecule has 5 nitrogen and oxygen atoms in total. The summed E-state index contributed by atoms with van der Waals surface area (Å²) in [6.07, 6.45) is 5.78. The number of carbonyl (C=O) groups excluding carboxylic acids is 2. The topological polar surface area (TPSA) is 52.7 Å². The van der Waals surface area contributed by atoms with E-state index in [1.807, 2.05) is 36.1 Å². The predicted octanol–water partition coefficient (Wildman–Crippen LogP) is 3.97. The molecule has 1 aliphatic carbocycles. The van der Waals surface area contributed by atoms with E-state index >= 15 is 0 Å². The molecule has 168 valence electrons. The van der Waals surface area contributed by atoms with Gasteiger partial charge in [0.15, 0.2) is 0 Å². The number of nitrogens with one attached hydrogen (secondary N) is 1. The maximum Gasteiger partial charge on any atom is 0.238 e. The molecule has 3 aliphatic rings.